The van der Waals surface area contributed by atoms with Crippen molar-refractivity contribution < 1.29 is 14.3 Å². The van der Waals surface area contributed by atoms with Crippen LogP contribution in [0, 0.1) is 0 Å². The topological polar surface area (TPSA) is 58.6 Å². The third-order valence-electron chi connectivity index (χ3n) is 3.43. The summed E-state index contributed by atoms with van der Waals surface area (Å²) in [5.74, 6) is 0.146. The minimum atomic E-state index is -0.598. The molecule has 0 fully saturated rings. The van der Waals surface area contributed by atoms with Crippen molar-refractivity contribution >= 4 is 23.2 Å². The van der Waals surface area contributed by atoms with Crippen LogP contribution in [0.4, 0.5) is 11.4 Å². The molecule has 1 unspecified atom stereocenters. The summed E-state index contributed by atoms with van der Waals surface area (Å²) in [6.07, 6.45) is -0.598. The van der Waals surface area contributed by atoms with Gasteiger partial charge in [-0.3, -0.25) is 14.5 Å². The molecule has 5 nitrogen and oxygen atoms in total. The molecule has 22 heavy (non-hydrogen) atoms. The quantitative estimate of drug-likeness (QED) is 0.946. The summed E-state index contributed by atoms with van der Waals surface area (Å²) >= 11 is 0. The van der Waals surface area contributed by atoms with Crippen LogP contribution in [0.2, 0.25) is 0 Å². The Morgan fingerprint density at radius 2 is 1.82 bits per heavy atom. The number of hydrogen-bond donors (Lipinski definition) is 1. The monoisotopic (exact) mass is 296 g/mol. The number of anilines is 2. The predicted octanol–water partition coefficient (Wildman–Crippen LogP) is 2.44. The zero-order chi connectivity index (χ0) is 15.5. The van der Waals surface area contributed by atoms with Crippen LogP contribution in [0.5, 0.6) is 5.75 Å². The van der Waals surface area contributed by atoms with Crippen LogP contribution < -0.4 is 15.0 Å². The van der Waals surface area contributed by atoms with E-state index < -0.39 is 6.10 Å². The van der Waals surface area contributed by atoms with Gasteiger partial charge in [-0.2, -0.15) is 0 Å². The van der Waals surface area contributed by atoms with Gasteiger partial charge >= 0.3 is 0 Å². The predicted molar refractivity (Wildman–Crippen MR) is 84.0 cm³/mol. The van der Waals surface area contributed by atoms with Gasteiger partial charge in [-0.25, -0.2) is 0 Å². The number of carbonyl (C=O) groups excluding carboxylic acids is 2. The first-order valence-electron chi connectivity index (χ1n) is 7.07. The van der Waals surface area contributed by atoms with Crippen molar-refractivity contribution in [1.29, 1.82) is 0 Å². The van der Waals surface area contributed by atoms with E-state index in [0.717, 1.165) is 0 Å². The molecule has 0 bridgehead atoms. The normalized spacial score (nSPS) is 16.7. The zero-order valence-electron chi connectivity index (χ0n) is 12.2. The highest BCUT2D eigenvalue weighted by Crippen LogP contribution is 2.33. The van der Waals surface area contributed by atoms with Crippen molar-refractivity contribution in [3.05, 3.63) is 54.6 Å². The van der Waals surface area contributed by atoms with Gasteiger partial charge in [0.25, 0.3) is 5.91 Å². The van der Waals surface area contributed by atoms with E-state index >= 15 is 0 Å². The summed E-state index contributed by atoms with van der Waals surface area (Å²) in [6, 6.07) is 16.4. The van der Waals surface area contributed by atoms with E-state index in [1.165, 1.54) is 4.90 Å². The summed E-state index contributed by atoms with van der Waals surface area (Å²) in [4.78, 5) is 26.0. The Kier molecular flexibility index (Phi) is 3.78. The molecule has 0 radical (unpaired) electrons. The van der Waals surface area contributed by atoms with Crippen LogP contribution in [-0.4, -0.2) is 24.5 Å². The molecule has 2 aromatic carbocycles. The molecule has 1 N–H and O–H groups in total. The number of ether oxygens (including phenoxy) is 1. The van der Waals surface area contributed by atoms with Crippen molar-refractivity contribution in [2.75, 3.05) is 16.8 Å². The summed E-state index contributed by atoms with van der Waals surface area (Å²) in [5.41, 5.74) is 1.32. The largest absolute Gasteiger partial charge is 0.479 e. The van der Waals surface area contributed by atoms with E-state index in [2.05, 4.69) is 5.32 Å². The van der Waals surface area contributed by atoms with Gasteiger partial charge in [-0.1, -0.05) is 30.3 Å². The number of fused-ring (bicyclic) bond motifs is 1. The highest BCUT2D eigenvalue weighted by Gasteiger charge is 2.32. The minimum Gasteiger partial charge on any atom is -0.479 e. The molecule has 112 valence electrons. The van der Waals surface area contributed by atoms with E-state index in [1.807, 2.05) is 30.3 Å². The second kappa shape index (κ2) is 5.89. The molecule has 0 spiro atoms. The van der Waals surface area contributed by atoms with Crippen molar-refractivity contribution in [3.8, 4) is 5.75 Å². The summed E-state index contributed by atoms with van der Waals surface area (Å²) in [7, 11) is 0. The van der Waals surface area contributed by atoms with Crippen LogP contribution in [0.1, 0.15) is 6.92 Å². The molecule has 1 atom stereocenters. The number of benzene rings is 2. The van der Waals surface area contributed by atoms with Crippen LogP contribution in [0.25, 0.3) is 0 Å². The Morgan fingerprint density at radius 3 is 2.59 bits per heavy atom. The maximum atomic E-state index is 12.3. The molecule has 1 heterocycles. The summed E-state index contributed by atoms with van der Waals surface area (Å²) in [6.45, 7) is 1.64. The molecular weight excluding hydrogens is 280 g/mol. The molecular formula is C17H16N2O3. The smallest absolute Gasteiger partial charge is 0.268 e. The van der Waals surface area contributed by atoms with Crippen molar-refractivity contribution in [1.82, 2.24) is 0 Å². The average molecular weight is 296 g/mol. The molecule has 1 aliphatic rings. The SMILES string of the molecule is CC1Oc2ccccc2N(CC(=O)Nc2ccccc2)C1=O. The highest BCUT2D eigenvalue weighted by atomic mass is 16.5. The summed E-state index contributed by atoms with van der Waals surface area (Å²) in [5, 5.41) is 2.78. The number of rotatable bonds is 3. The van der Waals surface area contributed by atoms with Crippen LogP contribution >= 0.6 is 0 Å². The molecule has 2 amide bonds. The van der Waals surface area contributed by atoms with E-state index in [1.54, 1.807) is 31.2 Å². The van der Waals surface area contributed by atoms with Gasteiger partial charge < -0.3 is 10.1 Å². The van der Waals surface area contributed by atoms with Crippen molar-refractivity contribution in [3.63, 3.8) is 0 Å². The second-order valence-electron chi connectivity index (χ2n) is 5.07. The van der Waals surface area contributed by atoms with Gasteiger partial charge in [0.1, 0.15) is 12.3 Å². The van der Waals surface area contributed by atoms with Crippen molar-refractivity contribution in [2.24, 2.45) is 0 Å². The first-order valence-corrected chi connectivity index (χ1v) is 7.07. The van der Waals surface area contributed by atoms with Gasteiger partial charge in [-0.05, 0) is 31.2 Å². The maximum absolute atomic E-state index is 12.3. The number of nitrogens with zero attached hydrogens (tertiary/aromatic N) is 1. The Bertz CT molecular complexity index is 700. The lowest BCUT2D eigenvalue weighted by Crippen LogP contribution is -2.47. The molecule has 1 aliphatic heterocycles. The first kappa shape index (κ1) is 14.1. The van der Waals surface area contributed by atoms with E-state index in [9.17, 15) is 9.59 Å². The minimum absolute atomic E-state index is 0.0432. The Labute approximate surface area is 128 Å². The van der Waals surface area contributed by atoms with Crippen LogP contribution in [0.15, 0.2) is 54.6 Å². The summed E-state index contributed by atoms with van der Waals surface area (Å²) < 4.78 is 5.55. The third kappa shape index (κ3) is 2.79. The number of carbonyl (C=O) groups is 2. The molecule has 0 aliphatic carbocycles. The van der Waals surface area contributed by atoms with Crippen LogP contribution in [0.3, 0.4) is 0 Å². The fourth-order valence-corrected chi connectivity index (χ4v) is 2.39. The highest BCUT2D eigenvalue weighted by molar-refractivity contribution is 6.06. The lowest BCUT2D eigenvalue weighted by molar-refractivity contribution is -0.127. The van der Waals surface area contributed by atoms with Gasteiger partial charge in [-0.15, -0.1) is 0 Å². The van der Waals surface area contributed by atoms with Gasteiger partial charge in [0.2, 0.25) is 5.91 Å². The number of nitrogens with one attached hydrogen (secondary N) is 1. The number of hydrogen-bond acceptors (Lipinski definition) is 3. The average Bonchev–Trinajstić information content (AvgIpc) is 2.53. The van der Waals surface area contributed by atoms with Gasteiger partial charge in [0, 0.05) is 5.69 Å². The molecule has 0 aromatic heterocycles. The Balaban J connectivity index is 1.79. The fraction of sp³-hybridized carbons (Fsp3) is 0.176. The van der Waals surface area contributed by atoms with Crippen molar-refractivity contribution in [2.45, 2.75) is 13.0 Å². The first-order chi connectivity index (χ1) is 10.6. The Morgan fingerprint density at radius 1 is 1.14 bits per heavy atom. The van der Waals surface area contributed by atoms with E-state index in [-0.39, 0.29) is 18.4 Å². The maximum Gasteiger partial charge on any atom is 0.268 e. The van der Waals surface area contributed by atoms with Crippen LogP contribution in [-0.2, 0) is 9.59 Å². The Hall–Kier alpha value is -2.82. The molecule has 0 saturated carbocycles. The van der Waals surface area contributed by atoms with Gasteiger partial charge in [0.05, 0.1) is 5.69 Å². The molecule has 3 rings (SSSR count). The fourth-order valence-electron chi connectivity index (χ4n) is 2.39. The van der Waals surface area contributed by atoms with E-state index in [4.69, 9.17) is 4.74 Å². The lowest BCUT2D eigenvalue weighted by atomic mass is 10.2. The number of amides is 2. The molecule has 0 saturated heterocycles. The standard InChI is InChI=1S/C17H16N2O3/c1-12-17(21)19(14-9-5-6-10-15(14)22-12)11-16(20)18-13-7-3-2-4-8-13/h2-10,12H,11H2,1H3,(H,18,20). The molecule has 2 aromatic rings. The molecule has 5 heteroatoms. The van der Waals surface area contributed by atoms with E-state index in [0.29, 0.717) is 17.1 Å². The lowest BCUT2D eigenvalue weighted by Gasteiger charge is -2.32. The van der Waals surface area contributed by atoms with Gasteiger partial charge in [0.15, 0.2) is 6.10 Å². The zero-order valence-corrected chi connectivity index (χ0v) is 12.2. The third-order valence-corrected chi connectivity index (χ3v) is 3.43. The second-order valence-corrected chi connectivity index (χ2v) is 5.07. The number of para-hydroxylation sites is 3.